The molecule has 0 spiro atoms. The van der Waals surface area contributed by atoms with E-state index in [0.29, 0.717) is 24.4 Å². The van der Waals surface area contributed by atoms with E-state index >= 15 is 0 Å². The molecule has 26 heavy (non-hydrogen) atoms. The third-order valence-electron chi connectivity index (χ3n) is 4.36. The fourth-order valence-corrected chi connectivity index (χ4v) is 2.89. The van der Waals surface area contributed by atoms with Crippen LogP contribution in [-0.2, 0) is 9.59 Å². The Morgan fingerprint density at radius 2 is 1.81 bits per heavy atom. The minimum absolute atomic E-state index is 0.192. The van der Waals surface area contributed by atoms with Gasteiger partial charge in [0.1, 0.15) is 24.7 Å². The number of carboxylic acid groups (broad SMARTS) is 1. The summed E-state index contributed by atoms with van der Waals surface area (Å²) in [6.45, 7) is 6.25. The number of rotatable bonds is 9. The second-order valence-corrected chi connectivity index (χ2v) is 6.42. The summed E-state index contributed by atoms with van der Waals surface area (Å²) in [6, 6.07) is 7.12. The third-order valence-corrected chi connectivity index (χ3v) is 4.36. The van der Waals surface area contributed by atoms with Crippen molar-refractivity contribution in [3.63, 3.8) is 0 Å². The Labute approximate surface area is 153 Å². The molecular formula is C19H26N2O5. The van der Waals surface area contributed by atoms with Gasteiger partial charge in [-0.1, -0.05) is 12.1 Å². The number of aliphatic hydroxyl groups is 1. The fraction of sp³-hybridized carbons (Fsp3) is 0.474. The van der Waals surface area contributed by atoms with E-state index in [-0.39, 0.29) is 6.61 Å². The number of allylic oxidation sites excluding steroid dienone is 1. The molecule has 7 heteroatoms. The van der Waals surface area contributed by atoms with Crippen LogP contribution in [0, 0.1) is 0 Å². The molecule has 7 nitrogen and oxygen atoms in total. The summed E-state index contributed by atoms with van der Waals surface area (Å²) in [5.74, 6) is -0.343. The van der Waals surface area contributed by atoms with Crippen molar-refractivity contribution in [3.8, 4) is 5.75 Å². The number of nitrogens with zero attached hydrogens (tertiary/aromatic N) is 2. The first-order chi connectivity index (χ1) is 12.5. The Kier molecular flexibility index (Phi) is 7.77. The van der Waals surface area contributed by atoms with E-state index in [1.165, 1.54) is 0 Å². The summed E-state index contributed by atoms with van der Waals surface area (Å²) in [7, 11) is 0. The van der Waals surface area contributed by atoms with Gasteiger partial charge in [0, 0.05) is 38.8 Å². The first-order valence-corrected chi connectivity index (χ1v) is 8.69. The van der Waals surface area contributed by atoms with Crippen LogP contribution in [0.15, 0.2) is 30.3 Å². The van der Waals surface area contributed by atoms with E-state index in [1.54, 1.807) is 31.2 Å². The first-order valence-electron chi connectivity index (χ1n) is 8.69. The molecule has 1 aliphatic rings. The lowest BCUT2D eigenvalue weighted by Crippen LogP contribution is -2.49. The van der Waals surface area contributed by atoms with Crippen molar-refractivity contribution >= 4 is 17.8 Å². The van der Waals surface area contributed by atoms with Gasteiger partial charge in [0.05, 0.1) is 6.54 Å². The standard InChI is InChI=1S/C19H26N2O5/c1-15(12-19(24)25)16-2-4-18(5-3-16)26-14-17(23)13-21-8-6-20(7-9-21)10-11-22/h2-5,11-12,17,23H,6-10,13-14H2,1H3,(H,24,25). The lowest BCUT2D eigenvalue weighted by Gasteiger charge is -2.34. The summed E-state index contributed by atoms with van der Waals surface area (Å²) in [6.07, 6.45) is 1.48. The molecular weight excluding hydrogens is 336 g/mol. The molecule has 1 saturated heterocycles. The topological polar surface area (TPSA) is 90.3 Å². The van der Waals surface area contributed by atoms with E-state index in [2.05, 4.69) is 9.80 Å². The molecule has 1 unspecified atom stereocenters. The number of aliphatic hydroxyl groups excluding tert-OH is 1. The fourth-order valence-electron chi connectivity index (χ4n) is 2.89. The van der Waals surface area contributed by atoms with E-state index in [1.807, 2.05) is 0 Å². The average Bonchev–Trinajstić information content (AvgIpc) is 2.62. The maximum Gasteiger partial charge on any atom is 0.328 e. The monoisotopic (exact) mass is 362 g/mol. The Morgan fingerprint density at radius 3 is 2.38 bits per heavy atom. The second kappa shape index (κ2) is 10.1. The summed E-state index contributed by atoms with van der Waals surface area (Å²) in [5.41, 5.74) is 1.48. The number of β-amino-alcohol motifs (C(OH)–C–C–N with tert-alkyl or cyclic N) is 1. The number of piperazine rings is 1. The summed E-state index contributed by atoms with van der Waals surface area (Å²) in [5, 5.41) is 18.9. The molecule has 2 rings (SSSR count). The highest BCUT2D eigenvalue weighted by molar-refractivity contribution is 5.89. The number of carbonyl (C=O) groups is 2. The summed E-state index contributed by atoms with van der Waals surface area (Å²) < 4.78 is 5.62. The van der Waals surface area contributed by atoms with Gasteiger partial charge in [-0.25, -0.2) is 4.79 Å². The van der Waals surface area contributed by atoms with Crippen LogP contribution in [0.2, 0.25) is 0 Å². The van der Waals surface area contributed by atoms with Crippen molar-refractivity contribution in [2.45, 2.75) is 13.0 Å². The van der Waals surface area contributed by atoms with Crippen molar-refractivity contribution in [1.29, 1.82) is 0 Å². The SMILES string of the molecule is CC(=CC(=O)O)c1ccc(OCC(O)CN2CCN(CC=O)CC2)cc1. The van der Waals surface area contributed by atoms with Gasteiger partial charge in [-0.2, -0.15) is 0 Å². The zero-order valence-corrected chi connectivity index (χ0v) is 15.0. The molecule has 0 bridgehead atoms. The largest absolute Gasteiger partial charge is 0.491 e. The van der Waals surface area contributed by atoms with Gasteiger partial charge in [-0.05, 0) is 30.2 Å². The number of hydrogen-bond donors (Lipinski definition) is 2. The molecule has 0 saturated carbocycles. The number of aldehydes is 1. The number of aliphatic carboxylic acids is 1. The predicted molar refractivity (Wildman–Crippen MR) is 98.2 cm³/mol. The second-order valence-electron chi connectivity index (χ2n) is 6.42. The van der Waals surface area contributed by atoms with Crippen LogP contribution >= 0.6 is 0 Å². The first kappa shape index (κ1) is 20.1. The minimum Gasteiger partial charge on any atom is -0.491 e. The molecule has 0 aromatic heterocycles. The van der Waals surface area contributed by atoms with Crippen LogP contribution in [0.3, 0.4) is 0 Å². The Balaban J connectivity index is 1.74. The third kappa shape index (κ3) is 6.59. The Hall–Kier alpha value is -2.22. The minimum atomic E-state index is -0.974. The van der Waals surface area contributed by atoms with E-state index in [0.717, 1.165) is 44.1 Å². The predicted octanol–water partition coefficient (Wildman–Crippen LogP) is 0.731. The van der Waals surface area contributed by atoms with Crippen LogP contribution < -0.4 is 4.74 Å². The van der Waals surface area contributed by atoms with Gasteiger partial charge < -0.3 is 19.7 Å². The highest BCUT2D eigenvalue weighted by atomic mass is 16.5. The molecule has 1 atom stereocenters. The smallest absolute Gasteiger partial charge is 0.328 e. The zero-order chi connectivity index (χ0) is 18.9. The van der Waals surface area contributed by atoms with Crippen LogP contribution in [0.5, 0.6) is 5.75 Å². The zero-order valence-electron chi connectivity index (χ0n) is 15.0. The molecule has 0 amide bonds. The van der Waals surface area contributed by atoms with Crippen molar-refractivity contribution in [1.82, 2.24) is 9.80 Å². The Bertz CT molecular complexity index is 621. The van der Waals surface area contributed by atoms with Crippen LogP contribution in [-0.4, -0.2) is 84.2 Å². The Morgan fingerprint density at radius 1 is 1.19 bits per heavy atom. The highest BCUT2D eigenvalue weighted by Crippen LogP contribution is 2.18. The van der Waals surface area contributed by atoms with E-state index < -0.39 is 12.1 Å². The summed E-state index contributed by atoms with van der Waals surface area (Å²) in [4.78, 5) is 25.5. The summed E-state index contributed by atoms with van der Waals surface area (Å²) >= 11 is 0. The van der Waals surface area contributed by atoms with Crippen molar-refractivity contribution in [2.24, 2.45) is 0 Å². The molecule has 1 aromatic carbocycles. The maximum atomic E-state index is 10.7. The van der Waals surface area contributed by atoms with Gasteiger partial charge in [0.2, 0.25) is 0 Å². The molecule has 142 valence electrons. The van der Waals surface area contributed by atoms with Crippen molar-refractivity contribution < 1.29 is 24.5 Å². The molecule has 0 aliphatic carbocycles. The number of ether oxygens (including phenoxy) is 1. The number of hydrogen-bond acceptors (Lipinski definition) is 6. The normalized spacial score (nSPS) is 17.7. The average molecular weight is 362 g/mol. The molecule has 1 aromatic rings. The van der Waals surface area contributed by atoms with Crippen LogP contribution in [0.4, 0.5) is 0 Å². The van der Waals surface area contributed by atoms with Gasteiger partial charge in [-0.15, -0.1) is 0 Å². The molecule has 1 heterocycles. The molecule has 1 fully saturated rings. The van der Waals surface area contributed by atoms with E-state index in [4.69, 9.17) is 9.84 Å². The van der Waals surface area contributed by atoms with E-state index in [9.17, 15) is 14.7 Å². The highest BCUT2D eigenvalue weighted by Gasteiger charge is 2.19. The molecule has 1 aliphatic heterocycles. The lowest BCUT2D eigenvalue weighted by molar-refractivity contribution is -0.131. The number of benzene rings is 1. The molecule has 2 N–H and O–H groups in total. The van der Waals surface area contributed by atoms with Crippen LogP contribution in [0.25, 0.3) is 5.57 Å². The van der Waals surface area contributed by atoms with Crippen molar-refractivity contribution in [2.75, 3.05) is 45.9 Å². The maximum absolute atomic E-state index is 10.7. The van der Waals surface area contributed by atoms with Gasteiger partial charge in [0.15, 0.2) is 0 Å². The van der Waals surface area contributed by atoms with Gasteiger partial charge in [-0.3, -0.25) is 9.80 Å². The van der Waals surface area contributed by atoms with Gasteiger partial charge in [0.25, 0.3) is 0 Å². The van der Waals surface area contributed by atoms with Crippen molar-refractivity contribution in [3.05, 3.63) is 35.9 Å². The number of carboxylic acids is 1. The number of carbonyl (C=O) groups excluding carboxylic acids is 1. The van der Waals surface area contributed by atoms with Crippen LogP contribution in [0.1, 0.15) is 12.5 Å². The molecule has 0 radical (unpaired) electrons. The lowest BCUT2D eigenvalue weighted by atomic mass is 10.1. The quantitative estimate of drug-likeness (QED) is 0.494. The van der Waals surface area contributed by atoms with Gasteiger partial charge >= 0.3 is 5.97 Å².